The first-order valence-electron chi connectivity index (χ1n) is 11.6. The van der Waals surface area contributed by atoms with Gasteiger partial charge >= 0.3 is 6.09 Å². The highest BCUT2D eigenvalue weighted by atomic mass is 35.5. The van der Waals surface area contributed by atoms with Crippen LogP contribution in [0.4, 0.5) is 10.6 Å². The van der Waals surface area contributed by atoms with Gasteiger partial charge in [0.2, 0.25) is 0 Å². The molecular formula is C25H32Cl2N4O2. The molecule has 0 unspecified atom stereocenters. The quantitative estimate of drug-likeness (QED) is 0.537. The molecular weight excluding hydrogens is 459 g/mol. The monoisotopic (exact) mass is 490 g/mol. The first-order valence-corrected chi connectivity index (χ1v) is 12.4. The summed E-state index contributed by atoms with van der Waals surface area (Å²) in [6, 6.07) is 5.70. The number of nitrogens with zero attached hydrogens (tertiary/aromatic N) is 3. The second-order valence-electron chi connectivity index (χ2n) is 10.2. The normalized spacial score (nSPS) is 20.2. The molecule has 2 fully saturated rings. The second-order valence-corrected chi connectivity index (χ2v) is 11.0. The molecule has 4 rings (SSSR count). The van der Waals surface area contributed by atoms with E-state index in [4.69, 9.17) is 32.9 Å². The number of benzene rings is 1. The summed E-state index contributed by atoms with van der Waals surface area (Å²) in [5.41, 5.74) is 2.00. The average Bonchev–Trinajstić information content (AvgIpc) is 3.11. The fourth-order valence-electron chi connectivity index (χ4n) is 5.17. The van der Waals surface area contributed by atoms with Gasteiger partial charge in [0.25, 0.3) is 0 Å². The van der Waals surface area contributed by atoms with Crippen LogP contribution in [0.2, 0.25) is 10.0 Å². The number of carbonyl (C=O) groups excluding carboxylic acids is 1. The minimum atomic E-state index is -0.489. The first-order chi connectivity index (χ1) is 15.6. The Bertz CT molecular complexity index is 1030. The van der Waals surface area contributed by atoms with Crippen molar-refractivity contribution in [3.8, 4) is 11.3 Å². The summed E-state index contributed by atoms with van der Waals surface area (Å²) in [7, 11) is 0. The van der Waals surface area contributed by atoms with Crippen molar-refractivity contribution in [1.29, 1.82) is 0 Å². The van der Waals surface area contributed by atoms with Crippen molar-refractivity contribution in [3.05, 3.63) is 40.1 Å². The fourth-order valence-corrected chi connectivity index (χ4v) is 5.56. The number of amides is 1. The molecule has 2 heterocycles. The summed E-state index contributed by atoms with van der Waals surface area (Å²) in [6.07, 6.45) is 6.81. The molecule has 0 radical (unpaired) electrons. The number of nitrogens with one attached hydrogen (secondary N) is 1. The van der Waals surface area contributed by atoms with Gasteiger partial charge in [-0.1, -0.05) is 41.8 Å². The summed E-state index contributed by atoms with van der Waals surface area (Å²) in [6.45, 7) is 9.40. The lowest BCUT2D eigenvalue weighted by molar-refractivity contribution is 0.0442. The van der Waals surface area contributed by atoms with Crippen LogP contribution in [0.3, 0.4) is 0 Å². The van der Waals surface area contributed by atoms with Gasteiger partial charge < -0.3 is 15.0 Å². The average molecular weight is 491 g/mol. The molecule has 1 spiro atoms. The maximum Gasteiger partial charge on any atom is 0.407 e. The van der Waals surface area contributed by atoms with Gasteiger partial charge in [-0.05, 0) is 64.9 Å². The molecule has 6 nitrogen and oxygen atoms in total. The number of ether oxygens (including phenoxy) is 1. The van der Waals surface area contributed by atoms with Crippen molar-refractivity contribution in [2.75, 3.05) is 18.0 Å². The minimum absolute atomic E-state index is 0.129. The molecule has 1 aromatic heterocycles. The summed E-state index contributed by atoms with van der Waals surface area (Å²) >= 11 is 12.6. The standard InChI is InChI=1S/C25H32Cl2N4O2/c1-16-22(17-7-5-8-18(26)21(17)27)28-15-20(29-16)31-13-11-25(12-14-31)10-6-9-19(25)30-23(32)33-24(2,3)4/h5,7-8,15,19H,6,9-14H2,1-4H3,(H,30,32)/t19-/m1/s1. The highest BCUT2D eigenvalue weighted by Crippen LogP contribution is 2.47. The zero-order valence-corrected chi connectivity index (χ0v) is 21.3. The molecule has 1 aliphatic carbocycles. The molecule has 1 atom stereocenters. The van der Waals surface area contributed by atoms with Gasteiger partial charge in [-0.2, -0.15) is 0 Å². The van der Waals surface area contributed by atoms with Gasteiger partial charge in [-0.3, -0.25) is 4.98 Å². The highest BCUT2D eigenvalue weighted by Gasteiger charge is 2.46. The van der Waals surface area contributed by atoms with Gasteiger partial charge in [0.05, 0.1) is 27.6 Å². The van der Waals surface area contributed by atoms with E-state index in [9.17, 15) is 4.79 Å². The Hall–Kier alpha value is -2.05. The summed E-state index contributed by atoms with van der Waals surface area (Å²) < 4.78 is 5.50. The molecule has 1 saturated heterocycles. The number of anilines is 1. The van der Waals surface area contributed by atoms with E-state index in [2.05, 4.69) is 15.2 Å². The Morgan fingerprint density at radius 3 is 2.61 bits per heavy atom. The maximum absolute atomic E-state index is 12.4. The number of rotatable bonds is 3. The predicted molar refractivity (Wildman–Crippen MR) is 133 cm³/mol. The molecule has 1 saturated carbocycles. The topological polar surface area (TPSA) is 67.4 Å². The van der Waals surface area contributed by atoms with Crippen LogP contribution in [0.15, 0.2) is 24.4 Å². The van der Waals surface area contributed by atoms with E-state index < -0.39 is 5.60 Å². The van der Waals surface area contributed by atoms with Crippen molar-refractivity contribution in [2.45, 2.75) is 71.4 Å². The zero-order valence-electron chi connectivity index (χ0n) is 19.8. The van der Waals surface area contributed by atoms with Crippen molar-refractivity contribution in [1.82, 2.24) is 15.3 Å². The number of hydrogen-bond acceptors (Lipinski definition) is 5. The van der Waals surface area contributed by atoms with Crippen molar-refractivity contribution < 1.29 is 9.53 Å². The third-order valence-corrected chi connectivity index (χ3v) is 7.64. The van der Waals surface area contributed by atoms with Crippen LogP contribution in [-0.4, -0.2) is 40.8 Å². The zero-order chi connectivity index (χ0) is 23.8. The van der Waals surface area contributed by atoms with E-state index in [-0.39, 0.29) is 17.6 Å². The molecule has 1 aromatic carbocycles. The van der Waals surface area contributed by atoms with E-state index in [1.807, 2.05) is 46.0 Å². The van der Waals surface area contributed by atoms with Crippen LogP contribution >= 0.6 is 23.2 Å². The number of aryl methyl sites for hydroxylation is 1. The van der Waals surface area contributed by atoms with Crippen LogP contribution in [0.1, 0.15) is 58.6 Å². The van der Waals surface area contributed by atoms with Crippen LogP contribution in [0.25, 0.3) is 11.3 Å². The van der Waals surface area contributed by atoms with Gasteiger partial charge in [0.15, 0.2) is 0 Å². The van der Waals surface area contributed by atoms with Crippen molar-refractivity contribution in [2.24, 2.45) is 5.41 Å². The number of carbonyl (C=O) groups is 1. The smallest absolute Gasteiger partial charge is 0.407 e. The van der Waals surface area contributed by atoms with E-state index in [1.165, 1.54) is 0 Å². The first kappa shape index (κ1) is 24.1. The molecule has 2 aromatic rings. The van der Waals surface area contributed by atoms with E-state index in [0.29, 0.717) is 10.0 Å². The van der Waals surface area contributed by atoms with E-state index >= 15 is 0 Å². The lowest BCUT2D eigenvalue weighted by Gasteiger charge is -2.43. The van der Waals surface area contributed by atoms with Crippen molar-refractivity contribution in [3.63, 3.8) is 0 Å². The van der Waals surface area contributed by atoms with E-state index in [1.54, 1.807) is 6.07 Å². The number of aromatic nitrogens is 2. The van der Waals surface area contributed by atoms with E-state index in [0.717, 1.165) is 68.0 Å². The van der Waals surface area contributed by atoms with Gasteiger partial charge in [0, 0.05) is 24.7 Å². The van der Waals surface area contributed by atoms with Crippen LogP contribution in [0.5, 0.6) is 0 Å². The molecule has 0 bridgehead atoms. The Balaban J connectivity index is 1.44. The Labute approximate surface area is 206 Å². The second kappa shape index (κ2) is 9.30. The number of hydrogen-bond donors (Lipinski definition) is 1. The van der Waals surface area contributed by atoms with Crippen LogP contribution in [0, 0.1) is 12.3 Å². The number of alkyl carbamates (subject to hydrolysis) is 1. The fraction of sp³-hybridized carbons (Fsp3) is 0.560. The third-order valence-electron chi connectivity index (χ3n) is 6.82. The van der Waals surface area contributed by atoms with Gasteiger partial charge in [-0.25, -0.2) is 9.78 Å². The molecule has 2 aliphatic rings. The van der Waals surface area contributed by atoms with Crippen LogP contribution < -0.4 is 10.2 Å². The largest absolute Gasteiger partial charge is 0.444 e. The van der Waals surface area contributed by atoms with Gasteiger partial charge in [-0.15, -0.1) is 0 Å². The summed E-state index contributed by atoms with van der Waals surface area (Å²) in [5, 5.41) is 4.17. The highest BCUT2D eigenvalue weighted by molar-refractivity contribution is 6.43. The molecule has 1 aliphatic heterocycles. The molecule has 8 heteroatoms. The Kier molecular flexibility index (Phi) is 6.79. The number of halogens is 2. The van der Waals surface area contributed by atoms with Crippen LogP contribution in [-0.2, 0) is 4.74 Å². The predicted octanol–water partition coefficient (Wildman–Crippen LogP) is 6.42. The maximum atomic E-state index is 12.4. The molecule has 178 valence electrons. The van der Waals surface area contributed by atoms with Gasteiger partial charge in [0.1, 0.15) is 11.4 Å². The summed E-state index contributed by atoms with van der Waals surface area (Å²) in [5.74, 6) is 0.874. The van der Waals surface area contributed by atoms with Crippen molar-refractivity contribution >= 4 is 35.1 Å². The number of piperidine rings is 1. The lowest BCUT2D eigenvalue weighted by Crippen LogP contribution is -2.51. The molecule has 1 N–H and O–H groups in total. The minimum Gasteiger partial charge on any atom is -0.444 e. The molecule has 1 amide bonds. The molecule has 33 heavy (non-hydrogen) atoms. The SMILES string of the molecule is Cc1nc(N2CCC3(CCC[C@H]3NC(=O)OC(C)(C)C)CC2)cnc1-c1cccc(Cl)c1Cl. The lowest BCUT2D eigenvalue weighted by atomic mass is 9.74. The Morgan fingerprint density at radius 1 is 1.21 bits per heavy atom. The third kappa shape index (κ3) is 5.22. The summed E-state index contributed by atoms with van der Waals surface area (Å²) in [4.78, 5) is 24.2. The Morgan fingerprint density at radius 2 is 1.94 bits per heavy atom.